The van der Waals surface area contributed by atoms with E-state index in [1.165, 1.54) is 12.4 Å². The number of anilines is 1. The largest absolute Gasteiger partial charge is 0.334 e. The van der Waals surface area contributed by atoms with Crippen LogP contribution in [0.15, 0.2) is 35.7 Å². The van der Waals surface area contributed by atoms with Gasteiger partial charge in [-0.25, -0.2) is 4.98 Å². The van der Waals surface area contributed by atoms with E-state index in [4.69, 9.17) is 11.6 Å². The van der Waals surface area contributed by atoms with Crippen LogP contribution < -0.4 is 4.72 Å². The third-order valence-electron chi connectivity index (χ3n) is 2.16. The van der Waals surface area contributed by atoms with Gasteiger partial charge in [-0.3, -0.25) is 14.8 Å². The minimum Gasteiger partial charge on any atom is -0.334 e. The summed E-state index contributed by atoms with van der Waals surface area (Å²) >= 11 is 5.70. The van der Waals surface area contributed by atoms with Crippen molar-refractivity contribution in [3.8, 4) is 0 Å². The Hall–Kier alpha value is -2.13. The molecular formula is C9H7ClN4O4S. The van der Waals surface area contributed by atoms with Crippen molar-refractivity contribution in [2.75, 3.05) is 4.72 Å². The lowest BCUT2D eigenvalue weighted by Crippen LogP contribution is -2.14. The van der Waals surface area contributed by atoms with Crippen molar-refractivity contribution >= 4 is 33.0 Å². The SMILES string of the molecule is O=[N+]([O-])c1ccc(Cl)cc1NS(=O)(=O)c1cnc[nH]1. The highest BCUT2D eigenvalue weighted by molar-refractivity contribution is 7.92. The number of rotatable bonds is 4. The normalized spacial score (nSPS) is 11.2. The number of H-pyrrole nitrogens is 1. The number of halogens is 1. The van der Waals surface area contributed by atoms with Gasteiger partial charge >= 0.3 is 0 Å². The van der Waals surface area contributed by atoms with Gasteiger partial charge in [0.1, 0.15) is 5.69 Å². The second kappa shape index (κ2) is 4.86. The number of nitro groups is 1. The van der Waals surface area contributed by atoms with Crippen molar-refractivity contribution in [1.82, 2.24) is 9.97 Å². The van der Waals surface area contributed by atoms with E-state index < -0.39 is 20.6 Å². The van der Waals surface area contributed by atoms with E-state index in [2.05, 4.69) is 14.7 Å². The van der Waals surface area contributed by atoms with Crippen LogP contribution >= 0.6 is 11.6 Å². The van der Waals surface area contributed by atoms with Crippen molar-refractivity contribution < 1.29 is 13.3 Å². The van der Waals surface area contributed by atoms with Crippen LogP contribution in [0.2, 0.25) is 5.02 Å². The summed E-state index contributed by atoms with van der Waals surface area (Å²) in [6, 6.07) is 3.58. The molecule has 2 aromatic rings. The molecule has 0 bridgehead atoms. The van der Waals surface area contributed by atoms with Gasteiger partial charge in [0, 0.05) is 11.1 Å². The number of aromatic amines is 1. The van der Waals surface area contributed by atoms with Gasteiger partial charge in [0.25, 0.3) is 15.7 Å². The Morgan fingerprint density at radius 2 is 2.16 bits per heavy atom. The zero-order valence-electron chi connectivity index (χ0n) is 9.20. The predicted octanol–water partition coefficient (Wildman–Crippen LogP) is 1.77. The molecule has 0 aliphatic carbocycles. The maximum absolute atomic E-state index is 11.9. The number of nitro benzene ring substituents is 1. The van der Waals surface area contributed by atoms with Gasteiger partial charge in [-0.15, -0.1) is 0 Å². The smallest absolute Gasteiger partial charge is 0.293 e. The number of nitrogens with zero attached hydrogens (tertiary/aromatic N) is 2. The van der Waals surface area contributed by atoms with Gasteiger partial charge in [-0.1, -0.05) is 11.6 Å². The highest BCUT2D eigenvalue weighted by Crippen LogP contribution is 2.29. The minimum absolute atomic E-state index is 0.174. The fraction of sp³-hybridized carbons (Fsp3) is 0. The van der Waals surface area contributed by atoms with Gasteiger partial charge in [0.2, 0.25) is 0 Å². The van der Waals surface area contributed by atoms with Crippen LogP contribution in [-0.2, 0) is 10.0 Å². The maximum Gasteiger partial charge on any atom is 0.293 e. The molecule has 0 amide bonds. The highest BCUT2D eigenvalue weighted by Gasteiger charge is 2.22. The topological polar surface area (TPSA) is 118 Å². The summed E-state index contributed by atoms with van der Waals surface area (Å²) in [5.41, 5.74) is -0.611. The highest BCUT2D eigenvalue weighted by atomic mass is 35.5. The average Bonchev–Trinajstić information content (AvgIpc) is 2.81. The molecule has 0 spiro atoms. The fourth-order valence-electron chi connectivity index (χ4n) is 1.34. The van der Waals surface area contributed by atoms with Crippen LogP contribution in [0.1, 0.15) is 0 Å². The molecule has 0 aliphatic rings. The molecule has 2 N–H and O–H groups in total. The molecule has 0 saturated heterocycles. The van der Waals surface area contributed by atoms with Crippen molar-refractivity contribution in [3.05, 3.63) is 45.9 Å². The van der Waals surface area contributed by atoms with E-state index in [-0.39, 0.29) is 15.7 Å². The number of aromatic nitrogens is 2. The summed E-state index contributed by atoms with van der Waals surface area (Å²) in [5, 5.41) is 10.8. The molecule has 1 aromatic heterocycles. The van der Waals surface area contributed by atoms with Gasteiger partial charge in [-0.2, -0.15) is 8.42 Å². The Bertz CT molecular complexity index is 714. The molecule has 0 aliphatic heterocycles. The number of benzene rings is 1. The van der Waals surface area contributed by atoms with E-state index in [0.29, 0.717) is 0 Å². The number of imidazole rings is 1. The zero-order valence-corrected chi connectivity index (χ0v) is 10.8. The van der Waals surface area contributed by atoms with Crippen LogP contribution in [0.4, 0.5) is 11.4 Å². The molecular weight excluding hydrogens is 296 g/mol. The Kier molecular flexibility index (Phi) is 3.40. The van der Waals surface area contributed by atoms with Crippen molar-refractivity contribution in [3.63, 3.8) is 0 Å². The van der Waals surface area contributed by atoms with Crippen LogP contribution in [0.25, 0.3) is 0 Å². The molecule has 0 radical (unpaired) electrons. The van der Waals surface area contributed by atoms with E-state index in [1.807, 2.05) is 0 Å². The Morgan fingerprint density at radius 1 is 1.42 bits per heavy atom. The molecule has 100 valence electrons. The first-order chi connectivity index (χ1) is 8.90. The first-order valence-electron chi connectivity index (χ1n) is 4.85. The Labute approximate surface area is 112 Å². The molecule has 2 rings (SSSR count). The van der Waals surface area contributed by atoms with Gasteiger partial charge in [-0.05, 0) is 12.1 Å². The van der Waals surface area contributed by atoms with Crippen LogP contribution in [0, 0.1) is 10.1 Å². The summed E-state index contributed by atoms with van der Waals surface area (Å²) in [5.74, 6) is 0. The van der Waals surface area contributed by atoms with Crippen LogP contribution in [-0.4, -0.2) is 23.3 Å². The van der Waals surface area contributed by atoms with Crippen molar-refractivity contribution in [2.45, 2.75) is 5.03 Å². The van der Waals surface area contributed by atoms with E-state index in [1.54, 1.807) is 0 Å². The lowest BCUT2D eigenvalue weighted by molar-refractivity contribution is -0.383. The van der Waals surface area contributed by atoms with Gasteiger partial charge < -0.3 is 4.98 Å². The van der Waals surface area contributed by atoms with Gasteiger partial charge in [0.15, 0.2) is 5.03 Å². The molecule has 0 atom stereocenters. The van der Waals surface area contributed by atoms with E-state index >= 15 is 0 Å². The predicted molar refractivity (Wildman–Crippen MR) is 67.5 cm³/mol. The monoisotopic (exact) mass is 302 g/mol. The molecule has 8 nitrogen and oxygen atoms in total. The Balaban J connectivity index is 2.44. The zero-order chi connectivity index (χ0) is 14.0. The molecule has 0 unspecified atom stereocenters. The maximum atomic E-state index is 11.9. The second-order valence-corrected chi connectivity index (χ2v) is 5.53. The summed E-state index contributed by atoms with van der Waals surface area (Å²) in [6.45, 7) is 0. The summed E-state index contributed by atoms with van der Waals surface area (Å²) < 4.78 is 25.9. The van der Waals surface area contributed by atoms with Crippen LogP contribution in [0.3, 0.4) is 0 Å². The molecule has 1 aromatic carbocycles. The minimum atomic E-state index is -3.97. The van der Waals surface area contributed by atoms with Crippen LogP contribution in [0.5, 0.6) is 0 Å². The molecule has 1 heterocycles. The summed E-state index contributed by atoms with van der Waals surface area (Å²) in [6.07, 6.45) is 2.26. The number of hydrogen-bond acceptors (Lipinski definition) is 5. The standard InChI is InChI=1S/C9H7ClN4O4S/c10-6-1-2-8(14(15)16)7(3-6)13-19(17,18)9-4-11-5-12-9/h1-5,13H,(H,11,12). The number of nitrogens with one attached hydrogen (secondary N) is 2. The lowest BCUT2D eigenvalue weighted by Gasteiger charge is -2.07. The van der Waals surface area contributed by atoms with E-state index in [9.17, 15) is 18.5 Å². The van der Waals surface area contributed by atoms with Gasteiger partial charge in [0.05, 0.1) is 17.4 Å². The average molecular weight is 303 g/mol. The number of hydrogen-bond donors (Lipinski definition) is 2. The first kappa shape index (κ1) is 13.3. The molecule has 19 heavy (non-hydrogen) atoms. The molecule has 0 saturated carbocycles. The fourth-order valence-corrected chi connectivity index (χ4v) is 2.48. The molecule has 10 heteroatoms. The Morgan fingerprint density at radius 3 is 2.74 bits per heavy atom. The number of sulfonamides is 1. The molecule has 0 fully saturated rings. The summed E-state index contributed by atoms with van der Waals surface area (Å²) in [7, 11) is -3.97. The lowest BCUT2D eigenvalue weighted by atomic mass is 10.3. The van der Waals surface area contributed by atoms with E-state index in [0.717, 1.165) is 18.3 Å². The third-order valence-corrected chi connectivity index (χ3v) is 3.69. The second-order valence-electron chi connectivity index (χ2n) is 3.44. The quantitative estimate of drug-likeness (QED) is 0.659. The first-order valence-corrected chi connectivity index (χ1v) is 6.71. The van der Waals surface area contributed by atoms with Crippen molar-refractivity contribution in [2.24, 2.45) is 0 Å². The summed E-state index contributed by atoms with van der Waals surface area (Å²) in [4.78, 5) is 16.1. The third kappa shape index (κ3) is 2.83. The van der Waals surface area contributed by atoms with Crippen molar-refractivity contribution in [1.29, 1.82) is 0 Å².